The first-order chi connectivity index (χ1) is 5.38. The van der Waals surface area contributed by atoms with Crippen molar-refractivity contribution in [1.82, 2.24) is 4.90 Å². The number of rotatable bonds is 1. The van der Waals surface area contributed by atoms with Crippen LogP contribution in [0.4, 0.5) is 0 Å². The smallest absolute Gasteiger partial charge is 0.302 e. The van der Waals surface area contributed by atoms with Crippen molar-refractivity contribution < 1.29 is 4.74 Å². The molecule has 0 unspecified atom stereocenters. The fourth-order valence-electron chi connectivity index (χ4n) is 1.04. The van der Waals surface area contributed by atoms with E-state index < -0.39 is 0 Å². The van der Waals surface area contributed by atoms with E-state index in [0.717, 1.165) is 19.5 Å². The Morgan fingerprint density at radius 1 is 1.82 bits per heavy atom. The van der Waals surface area contributed by atoms with Crippen LogP contribution in [0.15, 0.2) is 4.99 Å². The summed E-state index contributed by atoms with van der Waals surface area (Å²) < 4.78 is 5.18. The van der Waals surface area contributed by atoms with E-state index in [0.29, 0.717) is 12.6 Å². The van der Waals surface area contributed by atoms with Crippen LogP contribution in [0.2, 0.25) is 0 Å². The molecule has 1 saturated heterocycles. The summed E-state index contributed by atoms with van der Waals surface area (Å²) in [6, 6.07) is 0.473. The van der Waals surface area contributed by atoms with Crippen LogP contribution in [-0.2, 0) is 4.74 Å². The molecule has 0 aromatic heterocycles. The summed E-state index contributed by atoms with van der Waals surface area (Å²) in [6.07, 6.45) is 2.74. The summed E-state index contributed by atoms with van der Waals surface area (Å²) in [5, 5.41) is 8.29. The maximum atomic E-state index is 8.29. The van der Waals surface area contributed by atoms with E-state index >= 15 is 0 Å². The summed E-state index contributed by atoms with van der Waals surface area (Å²) in [4.78, 5) is 5.51. The van der Waals surface area contributed by atoms with Gasteiger partial charge in [-0.05, 0) is 13.3 Å². The third-order valence-corrected chi connectivity index (χ3v) is 1.60. The Morgan fingerprint density at radius 2 is 2.64 bits per heavy atom. The van der Waals surface area contributed by atoms with E-state index in [2.05, 4.69) is 4.99 Å². The topological polar surface area (TPSA) is 48.6 Å². The van der Waals surface area contributed by atoms with Gasteiger partial charge in [0.2, 0.25) is 6.19 Å². The number of nitrogens with zero attached hydrogens (tertiary/aromatic N) is 3. The summed E-state index contributed by atoms with van der Waals surface area (Å²) in [7, 11) is 0. The zero-order valence-corrected chi connectivity index (χ0v) is 6.58. The Balaban J connectivity index is 2.60. The van der Waals surface area contributed by atoms with Crippen molar-refractivity contribution in [2.45, 2.75) is 13.3 Å². The monoisotopic (exact) mass is 153 g/mol. The minimum Gasteiger partial charge on any atom is -0.464 e. The number of ether oxygens (including phenoxy) is 1. The Labute approximate surface area is 66.1 Å². The molecule has 1 fully saturated rings. The molecule has 1 aliphatic rings. The van der Waals surface area contributed by atoms with Crippen LogP contribution in [0.5, 0.6) is 0 Å². The molecular formula is C7H11N3O. The van der Waals surface area contributed by atoms with Crippen molar-refractivity contribution in [3.63, 3.8) is 0 Å². The molecule has 1 rings (SSSR count). The molecule has 0 spiro atoms. The number of hydrogen-bond donors (Lipinski definition) is 0. The summed E-state index contributed by atoms with van der Waals surface area (Å²) >= 11 is 0. The largest absolute Gasteiger partial charge is 0.464 e. The predicted molar refractivity (Wildman–Crippen MR) is 40.9 cm³/mol. The number of hydrogen-bond acceptors (Lipinski definition) is 3. The minimum atomic E-state index is 0.473. The highest BCUT2D eigenvalue weighted by Gasteiger charge is 2.15. The van der Waals surface area contributed by atoms with Crippen molar-refractivity contribution in [3.8, 4) is 6.19 Å². The standard InChI is InChI=1S/C7H11N3O/c1-2-10-4-3-5-11-7(10)9-6-8/h2-5H2,1H3. The quantitative estimate of drug-likeness (QED) is 0.517. The van der Waals surface area contributed by atoms with Crippen LogP contribution in [-0.4, -0.2) is 30.6 Å². The lowest BCUT2D eigenvalue weighted by atomic mass is 10.4. The number of aliphatic imine (C=N–C) groups is 1. The minimum absolute atomic E-state index is 0.473. The van der Waals surface area contributed by atoms with Gasteiger partial charge in [0, 0.05) is 13.1 Å². The molecule has 0 N–H and O–H groups in total. The van der Waals surface area contributed by atoms with Gasteiger partial charge in [-0.25, -0.2) is 0 Å². The van der Waals surface area contributed by atoms with Gasteiger partial charge in [-0.2, -0.15) is 5.26 Å². The van der Waals surface area contributed by atoms with E-state index in [1.165, 1.54) is 0 Å². The first-order valence-electron chi connectivity index (χ1n) is 3.73. The van der Waals surface area contributed by atoms with Gasteiger partial charge in [0.25, 0.3) is 0 Å². The fraction of sp³-hybridized carbons (Fsp3) is 0.714. The van der Waals surface area contributed by atoms with E-state index in [1.807, 2.05) is 11.8 Å². The van der Waals surface area contributed by atoms with E-state index in [4.69, 9.17) is 10.00 Å². The lowest BCUT2D eigenvalue weighted by Gasteiger charge is -2.27. The van der Waals surface area contributed by atoms with Gasteiger partial charge in [0.05, 0.1) is 6.61 Å². The van der Waals surface area contributed by atoms with E-state index in [9.17, 15) is 0 Å². The Bertz CT molecular complexity index is 194. The van der Waals surface area contributed by atoms with Crippen LogP contribution in [0.3, 0.4) is 0 Å². The molecule has 4 nitrogen and oxygen atoms in total. The van der Waals surface area contributed by atoms with E-state index in [1.54, 1.807) is 6.19 Å². The molecule has 0 aromatic carbocycles. The molecule has 4 heteroatoms. The van der Waals surface area contributed by atoms with Gasteiger partial charge in [-0.15, -0.1) is 4.99 Å². The highest BCUT2D eigenvalue weighted by molar-refractivity contribution is 5.75. The third-order valence-electron chi connectivity index (χ3n) is 1.60. The molecule has 0 aromatic rings. The van der Waals surface area contributed by atoms with Crippen LogP contribution in [0.1, 0.15) is 13.3 Å². The zero-order chi connectivity index (χ0) is 8.10. The van der Waals surface area contributed by atoms with Gasteiger partial charge >= 0.3 is 6.02 Å². The SMILES string of the molecule is CCN1CCCOC1=NC#N. The maximum absolute atomic E-state index is 8.29. The van der Waals surface area contributed by atoms with Crippen molar-refractivity contribution in [2.24, 2.45) is 4.99 Å². The second kappa shape index (κ2) is 3.81. The highest BCUT2D eigenvalue weighted by atomic mass is 16.5. The fourth-order valence-corrected chi connectivity index (χ4v) is 1.04. The summed E-state index contributed by atoms with van der Waals surface area (Å²) in [5.41, 5.74) is 0. The average molecular weight is 153 g/mol. The van der Waals surface area contributed by atoms with Gasteiger partial charge in [0.1, 0.15) is 0 Å². The van der Waals surface area contributed by atoms with Crippen molar-refractivity contribution in [3.05, 3.63) is 0 Å². The van der Waals surface area contributed by atoms with Gasteiger partial charge in [-0.1, -0.05) is 0 Å². The second-order valence-electron chi connectivity index (χ2n) is 2.28. The van der Waals surface area contributed by atoms with Crippen molar-refractivity contribution in [2.75, 3.05) is 19.7 Å². The Kier molecular flexibility index (Phi) is 2.73. The van der Waals surface area contributed by atoms with Crippen LogP contribution in [0.25, 0.3) is 0 Å². The average Bonchev–Trinajstić information content (AvgIpc) is 2.06. The van der Waals surface area contributed by atoms with E-state index in [-0.39, 0.29) is 0 Å². The van der Waals surface area contributed by atoms with Gasteiger partial charge in [-0.3, -0.25) is 0 Å². The van der Waals surface area contributed by atoms with Gasteiger partial charge in [0.15, 0.2) is 0 Å². The number of amidine groups is 1. The lowest BCUT2D eigenvalue weighted by molar-refractivity contribution is 0.179. The zero-order valence-electron chi connectivity index (χ0n) is 6.58. The molecule has 60 valence electrons. The lowest BCUT2D eigenvalue weighted by Crippen LogP contribution is -2.38. The molecule has 0 bridgehead atoms. The maximum Gasteiger partial charge on any atom is 0.302 e. The molecule has 0 amide bonds. The molecule has 11 heavy (non-hydrogen) atoms. The van der Waals surface area contributed by atoms with Gasteiger partial charge < -0.3 is 9.64 Å². The van der Waals surface area contributed by atoms with Crippen LogP contribution >= 0.6 is 0 Å². The van der Waals surface area contributed by atoms with Crippen LogP contribution in [0, 0.1) is 11.5 Å². The normalized spacial score (nSPS) is 21.1. The molecule has 0 aliphatic carbocycles. The highest BCUT2D eigenvalue weighted by Crippen LogP contribution is 2.03. The van der Waals surface area contributed by atoms with Crippen molar-refractivity contribution in [1.29, 1.82) is 5.26 Å². The molecule has 1 heterocycles. The Morgan fingerprint density at radius 3 is 3.27 bits per heavy atom. The molecular weight excluding hydrogens is 142 g/mol. The summed E-state index contributed by atoms with van der Waals surface area (Å²) in [6.45, 7) is 4.48. The number of nitriles is 1. The van der Waals surface area contributed by atoms with Crippen LogP contribution < -0.4 is 0 Å². The second-order valence-corrected chi connectivity index (χ2v) is 2.28. The first kappa shape index (κ1) is 7.86. The first-order valence-corrected chi connectivity index (χ1v) is 3.73. The molecule has 0 saturated carbocycles. The summed E-state index contributed by atoms with van der Waals surface area (Å²) in [5.74, 6) is 0. The predicted octanol–water partition coefficient (Wildman–Crippen LogP) is 0.566. The Hall–Kier alpha value is -1.24. The molecule has 0 radical (unpaired) electrons. The molecule has 0 atom stereocenters. The van der Waals surface area contributed by atoms with Crippen molar-refractivity contribution >= 4 is 6.02 Å². The third kappa shape index (κ3) is 1.84. The molecule has 1 aliphatic heterocycles.